The second kappa shape index (κ2) is 7.35. The van der Waals surface area contributed by atoms with Gasteiger partial charge in [-0.2, -0.15) is 0 Å². The summed E-state index contributed by atoms with van der Waals surface area (Å²) in [6.07, 6.45) is 6.48. The van der Waals surface area contributed by atoms with Crippen molar-refractivity contribution in [1.29, 1.82) is 0 Å². The molecule has 1 heterocycles. The number of phenols is 1. The van der Waals surface area contributed by atoms with E-state index in [1.165, 1.54) is 12.8 Å². The minimum Gasteiger partial charge on any atom is -0.508 e. The molecule has 4 heteroatoms. The van der Waals surface area contributed by atoms with E-state index in [1.807, 2.05) is 23.1 Å². The number of carbonyl (C=O) groups excluding carboxylic acids is 1. The van der Waals surface area contributed by atoms with Crippen LogP contribution in [0.5, 0.6) is 5.75 Å². The van der Waals surface area contributed by atoms with Gasteiger partial charge >= 0.3 is 0 Å². The monoisotopic (exact) mass is 316 g/mol. The molecule has 0 spiro atoms. The molecule has 2 atom stereocenters. The molecule has 0 bridgehead atoms. The third-order valence-electron chi connectivity index (χ3n) is 5.36. The number of aromatic hydroxyl groups is 1. The maximum Gasteiger partial charge on any atom is 0.225 e. The Hall–Kier alpha value is -1.55. The average molecular weight is 316 g/mol. The molecule has 3 rings (SSSR count). The Morgan fingerprint density at radius 1 is 1.30 bits per heavy atom. The van der Waals surface area contributed by atoms with Crippen molar-refractivity contribution in [3.63, 3.8) is 0 Å². The third kappa shape index (κ3) is 3.69. The van der Waals surface area contributed by atoms with Crippen molar-refractivity contribution < 1.29 is 9.90 Å². The van der Waals surface area contributed by atoms with E-state index in [2.05, 4.69) is 12.2 Å². The van der Waals surface area contributed by atoms with Crippen molar-refractivity contribution in [3.8, 4) is 5.75 Å². The van der Waals surface area contributed by atoms with Gasteiger partial charge in [-0.25, -0.2) is 0 Å². The maximum absolute atomic E-state index is 12.5. The molecule has 23 heavy (non-hydrogen) atoms. The van der Waals surface area contributed by atoms with E-state index in [-0.39, 0.29) is 12.0 Å². The lowest BCUT2D eigenvalue weighted by Crippen LogP contribution is -2.38. The highest BCUT2D eigenvalue weighted by molar-refractivity contribution is 5.79. The van der Waals surface area contributed by atoms with E-state index in [9.17, 15) is 9.90 Å². The van der Waals surface area contributed by atoms with Crippen LogP contribution in [-0.4, -0.2) is 35.0 Å². The summed E-state index contributed by atoms with van der Waals surface area (Å²) in [7, 11) is 0. The molecule has 0 aromatic heterocycles. The number of nitrogens with one attached hydrogen (secondary N) is 1. The number of likely N-dealkylation sites (tertiary alicyclic amines) is 1. The Morgan fingerprint density at radius 2 is 2.04 bits per heavy atom. The van der Waals surface area contributed by atoms with E-state index >= 15 is 0 Å². The number of carbonyl (C=O) groups is 1. The van der Waals surface area contributed by atoms with E-state index in [1.54, 1.807) is 6.07 Å². The highest BCUT2D eigenvalue weighted by Gasteiger charge is 2.33. The molecule has 2 N–H and O–H groups in total. The maximum atomic E-state index is 12.5. The smallest absolute Gasteiger partial charge is 0.225 e. The number of amides is 1. The fourth-order valence-electron chi connectivity index (χ4n) is 4.02. The minimum absolute atomic E-state index is 0.141. The van der Waals surface area contributed by atoms with Crippen LogP contribution in [0, 0.1) is 5.92 Å². The van der Waals surface area contributed by atoms with Gasteiger partial charge in [0.05, 0.1) is 0 Å². The molecule has 1 amide bonds. The molecule has 1 saturated heterocycles. The van der Waals surface area contributed by atoms with Crippen molar-refractivity contribution in [3.05, 3.63) is 29.8 Å². The van der Waals surface area contributed by atoms with Crippen LogP contribution >= 0.6 is 0 Å². The number of phenolic OH excluding ortho intramolecular Hbond substituents is 1. The Balaban J connectivity index is 1.58. The van der Waals surface area contributed by atoms with Crippen LogP contribution in [0.4, 0.5) is 0 Å². The van der Waals surface area contributed by atoms with Crippen molar-refractivity contribution in [1.82, 2.24) is 10.2 Å². The van der Waals surface area contributed by atoms with Gasteiger partial charge in [0.15, 0.2) is 0 Å². The van der Waals surface area contributed by atoms with Crippen LogP contribution < -0.4 is 5.32 Å². The number of nitrogens with zero attached hydrogens (tertiary/aromatic N) is 1. The van der Waals surface area contributed by atoms with E-state index in [4.69, 9.17) is 0 Å². The number of para-hydroxylation sites is 1. The second-order valence-electron chi connectivity index (χ2n) is 6.94. The SMILES string of the molecule is CCC(NC1CCN(C(=O)C2CCCC2)C1)c1ccccc1O. The average Bonchev–Trinajstić information content (AvgIpc) is 3.24. The predicted molar refractivity (Wildman–Crippen MR) is 91.2 cm³/mol. The molecule has 126 valence electrons. The zero-order valence-electron chi connectivity index (χ0n) is 14.0. The lowest BCUT2D eigenvalue weighted by Gasteiger charge is -2.24. The molecule has 2 unspecified atom stereocenters. The van der Waals surface area contributed by atoms with Crippen molar-refractivity contribution >= 4 is 5.91 Å². The van der Waals surface area contributed by atoms with Gasteiger partial charge in [-0.1, -0.05) is 38.0 Å². The Bertz CT molecular complexity index is 540. The lowest BCUT2D eigenvalue weighted by atomic mass is 10.0. The molecule has 0 radical (unpaired) electrons. The van der Waals surface area contributed by atoms with Gasteiger partial charge in [0, 0.05) is 36.7 Å². The summed E-state index contributed by atoms with van der Waals surface area (Å²) in [6, 6.07) is 8.00. The normalized spacial score (nSPS) is 23.3. The summed E-state index contributed by atoms with van der Waals surface area (Å²) >= 11 is 0. The largest absolute Gasteiger partial charge is 0.508 e. The third-order valence-corrected chi connectivity index (χ3v) is 5.36. The number of benzene rings is 1. The molecule has 4 nitrogen and oxygen atoms in total. The van der Waals surface area contributed by atoms with Crippen molar-refractivity contribution in [2.45, 2.75) is 57.5 Å². The summed E-state index contributed by atoms with van der Waals surface area (Å²) in [5.41, 5.74) is 0.954. The van der Waals surface area contributed by atoms with E-state index in [0.29, 0.717) is 17.7 Å². The molecular formula is C19H28N2O2. The molecule has 2 aliphatic rings. The van der Waals surface area contributed by atoms with E-state index in [0.717, 1.165) is 44.3 Å². The molecular weight excluding hydrogens is 288 g/mol. The van der Waals surface area contributed by atoms with Crippen LogP contribution in [0.3, 0.4) is 0 Å². The van der Waals surface area contributed by atoms with Gasteiger partial charge in [-0.05, 0) is 31.7 Å². The van der Waals surface area contributed by atoms with Gasteiger partial charge in [0.2, 0.25) is 5.91 Å². The summed E-state index contributed by atoms with van der Waals surface area (Å²) < 4.78 is 0. The highest BCUT2D eigenvalue weighted by Crippen LogP contribution is 2.30. The van der Waals surface area contributed by atoms with Crippen molar-refractivity contribution in [2.75, 3.05) is 13.1 Å². The fraction of sp³-hybridized carbons (Fsp3) is 0.632. The Kier molecular flexibility index (Phi) is 5.21. The van der Waals surface area contributed by atoms with Gasteiger partial charge in [0.25, 0.3) is 0 Å². The van der Waals surface area contributed by atoms with Crippen LogP contribution in [0.25, 0.3) is 0 Å². The molecule has 2 fully saturated rings. The van der Waals surface area contributed by atoms with Gasteiger partial charge in [-0.3, -0.25) is 4.79 Å². The predicted octanol–water partition coefficient (Wildman–Crippen LogP) is 3.22. The number of hydrogen-bond acceptors (Lipinski definition) is 3. The van der Waals surface area contributed by atoms with Gasteiger partial charge in [0.1, 0.15) is 5.75 Å². The highest BCUT2D eigenvalue weighted by atomic mass is 16.3. The van der Waals surface area contributed by atoms with Crippen LogP contribution in [0.15, 0.2) is 24.3 Å². The molecule has 1 aromatic carbocycles. The zero-order chi connectivity index (χ0) is 16.2. The van der Waals surface area contributed by atoms with Gasteiger partial charge < -0.3 is 15.3 Å². The van der Waals surface area contributed by atoms with Crippen molar-refractivity contribution in [2.24, 2.45) is 5.92 Å². The zero-order valence-corrected chi connectivity index (χ0v) is 14.0. The molecule has 1 aliphatic carbocycles. The Morgan fingerprint density at radius 3 is 2.74 bits per heavy atom. The summed E-state index contributed by atoms with van der Waals surface area (Å²) in [4.78, 5) is 14.6. The van der Waals surface area contributed by atoms with Crippen LogP contribution in [0.1, 0.15) is 57.1 Å². The Labute approximate surface area is 138 Å². The standard InChI is InChI=1S/C19H28N2O2/c1-2-17(16-9-5-6-10-18(16)22)20-15-11-12-21(13-15)19(23)14-7-3-4-8-14/h5-6,9-10,14-15,17,20,22H,2-4,7-8,11-13H2,1H3. The number of rotatable bonds is 5. The topological polar surface area (TPSA) is 52.6 Å². The minimum atomic E-state index is 0.141. The first-order chi connectivity index (χ1) is 11.2. The van der Waals surface area contributed by atoms with Crippen LogP contribution in [-0.2, 0) is 4.79 Å². The molecule has 1 aliphatic heterocycles. The number of hydrogen-bond donors (Lipinski definition) is 2. The lowest BCUT2D eigenvalue weighted by molar-refractivity contribution is -0.134. The summed E-state index contributed by atoms with van der Waals surface area (Å²) in [5, 5.41) is 13.7. The molecule has 1 aromatic rings. The fourth-order valence-corrected chi connectivity index (χ4v) is 4.02. The van der Waals surface area contributed by atoms with Gasteiger partial charge in [-0.15, -0.1) is 0 Å². The first-order valence-corrected chi connectivity index (χ1v) is 9.01. The van der Waals surface area contributed by atoms with E-state index < -0.39 is 0 Å². The first-order valence-electron chi connectivity index (χ1n) is 9.01. The first kappa shape index (κ1) is 16.3. The summed E-state index contributed by atoms with van der Waals surface area (Å²) in [6.45, 7) is 3.80. The second-order valence-corrected chi connectivity index (χ2v) is 6.94. The van der Waals surface area contributed by atoms with Crippen LogP contribution in [0.2, 0.25) is 0 Å². The quantitative estimate of drug-likeness (QED) is 0.877. The molecule has 1 saturated carbocycles. The summed E-state index contributed by atoms with van der Waals surface area (Å²) in [5.74, 6) is 0.986.